The van der Waals surface area contributed by atoms with Gasteiger partial charge in [0, 0.05) is 18.0 Å². The minimum absolute atomic E-state index is 0.161. The van der Waals surface area contributed by atoms with Gasteiger partial charge in [0.2, 0.25) is 0 Å². The van der Waals surface area contributed by atoms with Gasteiger partial charge in [-0.15, -0.1) is 0 Å². The number of carbonyl (C=O) groups excluding carboxylic acids is 1. The summed E-state index contributed by atoms with van der Waals surface area (Å²) < 4.78 is 4.85. The molecule has 0 aliphatic carbocycles. The first-order valence-corrected chi connectivity index (χ1v) is 5.39. The van der Waals surface area contributed by atoms with Crippen LogP contribution >= 0.6 is 0 Å². The van der Waals surface area contributed by atoms with Crippen molar-refractivity contribution in [3.8, 4) is 11.3 Å². The topological polar surface area (TPSA) is 67.9 Å². The molecule has 0 radical (unpaired) electrons. The normalized spacial score (nSPS) is 10.2. The van der Waals surface area contributed by atoms with Crippen molar-refractivity contribution < 1.29 is 9.53 Å². The second-order valence-corrected chi connectivity index (χ2v) is 3.47. The average molecular weight is 231 g/mol. The van der Waals surface area contributed by atoms with Crippen LogP contribution in [-0.2, 0) is 16.0 Å². The van der Waals surface area contributed by atoms with E-state index in [9.17, 15) is 4.79 Å². The Morgan fingerprint density at radius 3 is 3.06 bits per heavy atom. The fourth-order valence-corrected chi connectivity index (χ4v) is 1.47. The Hall–Kier alpha value is -2.17. The number of hydrogen-bond donors (Lipinski definition) is 1. The smallest absolute Gasteiger partial charge is 0.313 e. The first-order valence-electron chi connectivity index (χ1n) is 5.39. The zero-order chi connectivity index (χ0) is 12.1. The molecule has 0 saturated carbocycles. The predicted octanol–water partition coefficient (Wildman–Crippen LogP) is 1.58. The zero-order valence-corrected chi connectivity index (χ0v) is 9.51. The van der Waals surface area contributed by atoms with Gasteiger partial charge in [0.25, 0.3) is 0 Å². The third-order valence-electron chi connectivity index (χ3n) is 2.22. The van der Waals surface area contributed by atoms with Crippen molar-refractivity contribution in [1.29, 1.82) is 0 Å². The number of nitrogens with one attached hydrogen (secondary N) is 1. The van der Waals surface area contributed by atoms with Crippen LogP contribution in [0, 0.1) is 0 Å². The zero-order valence-electron chi connectivity index (χ0n) is 9.51. The van der Waals surface area contributed by atoms with Crippen molar-refractivity contribution in [1.82, 2.24) is 15.0 Å². The van der Waals surface area contributed by atoms with Crippen molar-refractivity contribution in [2.45, 2.75) is 13.3 Å². The molecule has 0 amide bonds. The van der Waals surface area contributed by atoms with E-state index < -0.39 is 0 Å². The molecule has 0 bridgehead atoms. The third kappa shape index (κ3) is 2.90. The van der Waals surface area contributed by atoms with Gasteiger partial charge in [-0.25, -0.2) is 4.98 Å². The number of H-pyrrole nitrogens is 1. The fraction of sp³-hybridized carbons (Fsp3) is 0.250. The van der Waals surface area contributed by atoms with E-state index in [1.807, 2.05) is 12.1 Å². The molecular formula is C12H13N3O2. The van der Waals surface area contributed by atoms with E-state index in [0.29, 0.717) is 12.4 Å². The number of carbonyl (C=O) groups is 1. The molecule has 0 saturated heterocycles. The highest BCUT2D eigenvalue weighted by molar-refractivity contribution is 5.71. The monoisotopic (exact) mass is 231 g/mol. The summed E-state index contributed by atoms with van der Waals surface area (Å²) >= 11 is 0. The largest absolute Gasteiger partial charge is 0.466 e. The average Bonchev–Trinajstić information content (AvgIpc) is 2.79. The molecule has 0 fully saturated rings. The molecule has 2 rings (SSSR count). The van der Waals surface area contributed by atoms with E-state index in [4.69, 9.17) is 4.74 Å². The standard InChI is InChI=1S/C12H13N3O2/c1-2-17-12(16)6-11-14-8-10(15-11)9-4-3-5-13-7-9/h3-5,7-8H,2,6H2,1H3,(H,14,15). The molecular weight excluding hydrogens is 218 g/mol. The molecule has 17 heavy (non-hydrogen) atoms. The van der Waals surface area contributed by atoms with Crippen molar-refractivity contribution in [3.05, 3.63) is 36.5 Å². The summed E-state index contributed by atoms with van der Waals surface area (Å²) in [5.41, 5.74) is 1.78. The molecule has 0 aliphatic rings. The summed E-state index contributed by atoms with van der Waals surface area (Å²) in [7, 11) is 0. The van der Waals surface area contributed by atoms with E-state index in [0.717, 1.165) is 11.3 Å². The van der Waals surface area contributed by atoms with Gasteiger partial charge >= 0.3 is 5.97 Å². The van der Waals surface area contributed by atoms with Crippen LogP contribution in [0.3, 0.4) is 0 Å². The van der Waals surface area contributed by atoms with Crippen LogP contribution in [0.25, 0.3) is 11.3 Å². The molecule has 2 aromatic heterocycles. The lowest BCUT2D eigenvalue weighted by atomic mass is 10.2. The highest BCUT2D eigenvalue weighted by atomic mass is 16.5. The third-order valence-corrected chi connectivity index (χ3v) is 2.22. The maximum Gasteiger partial charge on any atom is 0.313 e. The number of hydrogen-bond acceptors (Lipinski definition) is 4. The second-order valence-electron chi connectivity index (χ2n) is 3.47. The highest BCUT2D eigenvalue weighted by Gasteiger charge is 2.08. The minimum Gasteiger partial charge on any atom is -0.466 e. The first kappa shape index (κ1) is 11.3. The van der Waals surface area contributed by atoms with E-state index in [2.05, 4.69) is 15.0 Å². The number of aromatic amines is 1. The minimum atomic E-state index is -0.278. The molecule has 5 heteroatoms. The Balaban J connectivity index is 2.09. The molecule has 0 spiro atoms. The molecule has 0 aliphatic heterocycles. The Morgan fingerprint density at radius 1 is 1.47 bits per heavy atom. The number of imidazole rings is 1. The van der Waals surface area contributed by atoms with Gasteiger partial charge in [0.1, 0.15) is 12.2 Å². The van der Waals surface area contributed by atoms with Gasteiger partial charge in [0.05, 0.1) is 18.5 Å². The Labute approximate surface area is 98.9 Å². The Morgan fingerprint density at radius 2 is 2.35 bits per heavy atom. The molecule has 88 valence electrons. The van der Waals surface area contributed by atoms with E-state index in [1.165, 1.54) is 0 Å². The van der Waals surface area contributed by atoms with E-state index in [-0.39, 0.29) is 12.4 Å². The van der Waals surface area contributed by atoms with Crippen LogP contribution < -0.4 is 0 Å². The van der Waals surface area contributed by atoms with Crippen LogP contribution in [0.1, 0.15) is 12.7 Å². The predicted molar refractivity (Wildman–Crippen MR) is 62.2 cm³/mol. The first-order chi connectivity index (χ1) is 8.29. The summed E-state index contributed by atoms with van der Waals surface area (Å²) in [6, 6.07) is 3.77. The lowest BCUT2D eigenvalue weighted by molar-refractivity contribution is -0.142. The number of rotatable bonds is 4. The maximum atomic E-state index is 11.3. The number of ether oxygens (including phenoxy) is 1. The second kappa shape index (κ2) is 5.25. The Kier molecular flexibility index (Phi) is 3.49. The van der Waals surface area contributed by atoms with Crippen LogP contribution in [0.2, 0.25) is 0 Å². The van der Waals surface area contributed by atoms with Gasteiger partial charge < -0.3 is 9.72 Å². The fourth-order valence-electron chi connectivity index (χ4n) is 1.47. The van der Waals surface area contributed by atoms with Crippen LogP contribution in [0.5, 0.6) is 0 Å². The quantitative estimate of drug-likeness (QED) is 0.811. The van der Waals surface area contributed by atoms with E-state index in [1.54, 1.807) is 25.5 Å². The highest BCUT2D eigenvalue weighted by Crippen LogP contribution is 2.15. The van der Waals surface area contributed by atoms with Crippen molar-refractivity contribution >= 4 is 5.97 Å². The molecule has 1 N–H and O–H groups in total. The summed E-state index contributed by atoms with van der Waals surface area (Å²) in [5.74, 6) is 0.321. The molecule has 0 aromatic carbocycles. The van der Waals surface area contributed by atoms with Crippen LogP contribution in [0.15, 0.2) is 30.7 Å². The molecule has 0 unspecified atom stereocenters. The number of pyridine rings is 1. The lowest BCUT2D eigenvalue weighted by Gasteiger charge is -1.98. The van der Waals surface area contributed by atoms with E-state index >= 15 is 0 Å². The van der Waals surface area contributed by atoms with Gasteiger partial charge in [-0.1, -0.05) is 0 Å². The van der Waals surface area contributed by atoms with Crippen LogP contribution in [-0.4, -0.2) is 27.5 Å². The lowest BCUT2D eigenvalue weighted by Crippen LogP contribution is -2.08. The number of aromatic nitrogens is 3. The summed E-state index contributed by atoms with van der Waals surface area (Å²) in [5, 5.41) is 0. The number of nitrogens with zero attached hydrogens (tertiary/aromatic N) is 2. The number of esters is 1. The molecule has 2 aromatic rings. The van der Waals surface area contributed by atoms with Crippen molar-refractivity contribution in [3.63, 3.8) is 0 Å². The molecule has 2 heterocycles. The van der Waals surface area contributed by atoms with Crippen LogP contribution in [0.4, 0.5) is 0 Å². The van der Waals surface area contributed by atoms with Gasteiger partial charge in [0.15, 0.2) is 0 Å². The Bertz CT molecular complexity index is 493. The SMILES string of the molecule is CCOC(=O)Cc1ncc(-c2cccnc2)[nH]1. The molecule has 5 nitrogen and oxygen atoms in total. The molecule has 0 atom stereocenters. The van der Waals surface area contributed by atoms with Gasteiger partial charge in [-0.3, -0.25) is 9.78 Å². The van der Waals surface area contributed by atoms with Crippen molar-refractivity contribution in [2.24, 2.45) is 0 Å². The summed E-state index contributed by atoms with van der Waals surface area (Å²) in [6.07, 6.45) is 5.29. The summed E-state index contributed by atoms with van der Waals surface area (Å²) in [4.78, 5) is 22.5. The van der Waals surface area contributed by atoms with Gasteiger partial charge in [-0.05, 0) is 19.1 Å². The maximum absolute atomic E-state index is 11.3. The summed E-state index contributed by atoms with van der Waals surface area (Å²) in [6.45, 7) is 2.16. The van der Waals surface area contributed by atoms with Gasteiger partial charge in [-0.2, -0.15) is 0 Å². The van der Waals surface area contributed by atoms with Crippen molar-refractivity contribution in [2.75, 3.05) is 6.61 Å².